The number of thiazole rings is 1. The fraction of sp³-hybridized carbons (Fsp3) is 0.357. The summed E-state index contributed by atoms with van der Waals surface area (Å²) in [6, 6.07) is 3.39. The van der Waals surface area contributed by atoms with E-state index in [9.17, 15) is 4.79 Å². The summed E-state index contributed by atoms with van der Waals surface area (Å²) in [4.78, 5) is 23.5. The zero-order valence-corrected chi connectivity index (χ0v) is 12.3. The highest BCUT2D eigenvalue weighted by molar-refractivity contribution is 7.15. The van der Waals surface area contributed by atoms with E-state index in [1.165, 1.54) is 0 Å². The number of carbonyl (C=O) groups excluding carboxylic acids is 1. The fourth-order valence-electron chi connectivity index (χ4n) is 2.05. The summed E-state index contributed by atoms with van der Waals surface area (Å²) in [6.07, 6.45) is 5.04. The highest BCUT2D eigenvalue weighted by Crippen LogP contribution is 2.23. The van der Waals surface area contributed by atoms with Gasteiger partial charge < -0.3 is 15.0 Å². The molecule has 7 heteroatoms. The predicted octanol–water partition coefficient (Wildman–Crippen LogP) is 1.30. The maximum atomic E-state index is 11.9. The standard InChI is InChI=1S/C14H16N4O2S/c19-13(11-1-3-15-4-2-11)16-9-12-10-17-14(21-12)18-5-7-20-8-6-18/h1-4,10H,5-9H2,(H,16,19). The summed E-state index contributed by atoms with van der Waals surface area (Å²) < 4.78 is 5.33. The predicted molar refractivity (Wildman–Crippen MR) is 80.6 cm³/mol. The maximum Gasteiger partial charge on any atom is 0.251 e. The van der Waals surface area contributed by atoms with Crippen molar-refractivity contribution in [2.45, 2.75) is 6.54 Å². The van der Waals surface area contributed by atoms with Gasteiger partial charge in [-0.3, -0.25) is 9.78 Å². The second-order valence-corrected chi connectivity index (χ2v) is 5.72. The van der Waals surface area contributed by atoms with E-state index in [4.69, 9.17) is 4.74 Å². The molecule has 0 radical (unpaired) electrons. The van der Waals surface area contributed by atoms with Crippen LogP contribution in [0.15, 0.2) is 30.7 Å². The third-order valence-corrected chi connectivity index (χ3v) is 4.25. The molecule has 3 rings (SSSR count). The van der Waals surface area contributed by atoms with E-state index >= 15 is 0 Å². The lowest BCUT2D eigenvalue weighted by Gasteiger charge is -2.25. The van der Waals surface area contributed by atoms with Gasteiger partial charge in [-0.1, -0.05) is 0 Å². The number of amides is 1. The Kier molecular flexibility index (Phi) is 4.42. The topological polar surface area (TPSA) is 67.4 Å². The third kappa shape index (κ3) is 3.56. The molecule has 2 aromatic heterocycles. The Hall–Kier alpha value is -1.99. The van der Waals surface area contributed by atoms with Crippen molar-refractivity contribution in [2.24, 2.45) is 0 Å². The molecule has 2 aromatic rings. The molecule has 0 unspecified atom stereocenters. The number of rotatable bonds is 4. The average Bonchev–Trinajstić information content (AvgIpc) is 3.03. The Morgan fingerprint density at radius 2 is 2.10 bits per heavy atom. The molecule has 1 N–H and O–H groups in total. The van der Waals surface area contributed by atoms with Crippen molar-refractivity contribution >= 4 is 22.4 Å². The van der Waals surface area contributed by atoms with Crippen molar-refractivity contribution in [3.63, 3.8) is 0 Å². The Morgan fingerprint density at radius 3 is 2.86 bits per heavy atom. The van der Waals surface area contributed by atoms with E-state index < -0.39 is 0 Å². The first-order chi connectivity index (χ1) is 10.3. The van der Waals surface area contributed by atoms with E-state index in [2.05, 4.69) is 20.2 Å². The SMILES string of the molecule is O=C(NCc1cnc(N2CCOCC2)s1)c1ccncc1. The van der Waals surface area contributed by atoms with Gasteiger partial charge in [0.15, 0.2) is 5.13 Å². The number of carbonyl (C=O) groups is 1. The number of aromatic nitrogens is 2. The molecule has 6 nitrogen and oxygen atoms in total. The number of ether oxygens (including phenoxy) is 1. The number of nitrogens with one attached hydrogen (secondary N) is 1. The van der Waals surface area contributed by atoms with Crippen molar-refractivity contribution in [3.8, 4) is 0 Å². The summed E-state index contributed by atoms with van der Waals surface area (Å²) in [6.45, 7) is 3.72. The summed E-state index contributed by atoms with van der Waals surface area (Å²) in [5, 5.41) is 3.88. The first kappa shape index (κ1) is 14.0. The number of hydrogen-bond acceptors (Lipinski definition) is 6. The van der Waals surface area contributed by atoms with E-state index in [0.29, 0.717) is 12.1 Å². The zero-order chi connectivity index (χ0) is 14.5. The fourth-order valence-corrected chi connectivity index (χ4v) is 2.95. The molecule has 0 spiro atoms. The normalized spacial score (nSPS) is 15.0. The van der Waals surface area contributed by atoms with E-state index in [1.54, 1.807) is 35.9 Å². The summed E-state index contributed by atoms with van der Waals surface area (Å²) >= 11 is 1.61. The smallest absolute Gasteiger partial charge is 0.251 e. The molecule has 0 saturated carbocycles. The van der Waals surface area contributed by atoms with Gasteiger partial charge in [0.1, 0.15) is 0 Å². The van der Waals surface area contributed by atoms with Crippen molar-refractivity contribution in [2.75, 3.05) is 31.2 Å². The molecule has 110 valence electrons. The third-order valence-electron chi connectivity index (χ3n) is 3.19. The second-order valence-electron chi connectivity index (χ2n) is 4.63. The molecule has 1 fully saturated rings. The Morgan fingerprint density at radius 1 is 1.33 bits per heavy atom. The lowest BCUT2D eigenvalue weighted by Crippen LogP contribution is -2.36. The minimum Gasteiger partial charge on any atom is -0.378 e. The summed E-state index contributed by atoms with van der Waals surface area (Å²) in [5.74, 6) is -0.0984. The van der Waals surface area contributed by atoms with Gasteiger partial charge in [-0.05, 0) is 12.1 Å². The quantitative estimate of drug-likeness (QED) is 0.922. The Balaban J connectivity index is 1.56. The number of morpholine rings is 1. The largest absolute Gasteiger partial charge is 0.378 e. The Bertz CT molecular complexity index is 596. The zero-order valence-electron chi connectivity index (χ0n) is 11.5. The molecule has 3 heterocycles. The Labute approximate surface area is 126 Å². The van der Waals surface area contributed by atoms with Crippen LogP contribution in [0.5, 0.6) is 0 Å². The molecule has 1 aliphatic rings. The van der Waals surface area contributed by atoms with Crippen LogP contribution in [-0.4, -0.2) is 42.2 Å². The molecule has 0 bridgehead atoms. The van der Waals surface area contributed by atoms with Crippen LogP contribution >= 0.6 is 11.3 Å². The molecule has 1 saturated heterocycles. The lowest BCUT2D eigenvalue weighted by molar-refractivity contribution is 0.0951. The van der Waals surface area contributed by atoms with Crippen molar-refractivity contribution in [3.05, 3.63) is 41.2 Å². The second kappa shape index (κ2) is 6.64. The lowest BCUT2D eigenvalue weighted by atomic mass is 10.2. The average molecular weight is 304 g/mol. The van der Waals surface area contributed by atoms with Crippen LogP contribution in [0.4, 0.5) is 5.13 Å². The van der Waals surface area contributed by atoms with Crippen LogP contribution in [0.2, 0.25) is 0 Å². The van der Waals surface area contributed by atoms with Crippen LogP contribution < -0.4 is 10.2 Å². The highest BCUT2D eigenvalue weighted by Gasteiger charge is 2.15. The van der Waals surface area contributed by atoms with Gasteiger partial charge in [-0.2, -0.15) is 0 Å². The molecule has 1 aliphatic heterocycles. The van der Waals surface area contributed by atoms with Crippen LogP contribution in [0.1, 0.15) is 15.2 Å². The van der Waals surface area contributed by atoms with Crippen LogP contribution in [0.3, 0.4) is 0 Å². The number of nitrogens with zero attached hydrogens (tertiary/aromatic N) is 3. The first-order valence-corrected chi connectivity index (χ1v) is 7.60. The van der Waals surface area contributed by atoms with Gasteiger partial charge in [-0.25, -0.2) is 4.98 Å². The van der Waals surface area contributed by atoms with Crippen molar-refractivity contribution < 1.29 is 9.53 Å². The van der Waals surface area contributed by atoms with E-state index in [1.807, 2.05) is 6.20 Å². The van der Waals surface area contributed by atoms with Crippen LogP contribution in [0.25, 0.3) is 0 Å². The highest BCUT2D eigenvalue weighted by atomic mass is 32.1. The van der Waals surface area contributed by atoms with Gasteiger partial charge in [0.2, 0.25) is 0 Å². The molecule has 21 heavy (non-hydrogen) atoms. The van der Waals surface area contributed by atoms with E-state index in [0.717, 1.165) is 36.3 Å². The number of pyridine rings is 1. The van der Waals surface area contributed by atoms with Gasteiger partial charge in [0.05, 0.1) is 19.8 Å². The minimum absolute atomic E-state index is 0.0984. The molecular formula is C14H16N4O2S. The molecule has 0 atom stereocenters. The van der Waals surface area contributed by atoms with Crippen molar-refractivity contribution in [1.82, 2.24) is 15.3 Å². The molecule has 1 amide bonds. The number of anilines is 1. The maximum absolute atomic E-state index is 11.9. The molecular weight excluding hydrogens is 288 g/mol. The summed E-state index contributed by atoms with van der Waals surface area (Å²) in [7, 11) is 0. The van der Waals surface area contributed by atoms with E-state index in [-0.39, 0.29) is 5.91 Å². The van der Waals surface area contributed by atoms with Gasteiger partial charge in [0, 0.05) is 42.1 Å². The monoisotopic (exact) mass is 304 g/mol. The number of hydrogen-bond donors (Lipinski definition) is 1. The van der Waals surface area contributed by atoms with Gasteiger partial charge in [-0.15, -0.1) is 11.3 Å². The molecule has 0 aromatic carbocycles. The van der Waals surface area contributed by atoms with Gasteiger partial charge in [0.25, 0.3) is 5.91 Å². The molecule has 0 aliphatic carbocycles. The van der Waals surface area contributed by atoms with Gasteiger partial charge >= 0.3 is 0 Å². The summed E-state index contributed by atoms with van der Waals surface area (Å²) in [5.41, 5.74) is 0.614. The van der Waals surface area contributed by atoms with Crippen molar-refractivity contribution in [1.29, 1.82) is 0 Å². The first-order valence-electron chi connectivity index (χ1n) is 6.78. The van der Waals surface area contributed by atoms with Crippen LogP contribution in [0, 0.1) is 0 Å². The minimum atomic E-state index is -0.0984. The van der Waals surface area contributed by atoms with Crippen LogP contribution in [-0.2, 0) is 11.3 Å².